The molecule has 0 heterocycles. The fraction of sp³-hybridized carbons (Fsp3) is 0.500. The number of methoxy groups -OCH3 is 2. The average molecular weight is 264 g/mol. The molecule has 5 nitrogen and oxygen atoms in total. The third-order valence-corrected chi connectivity index (χ3v) is 3.71. The lowest BCUT2D eigenvalue weighted by molar-refractivity contribution is -0.129. The van der Waals surface area contributed by atoms with Crippen molar-refractivity contribution in [1.29, 1.82) is 0 Å². The van der Waals surface area contributed by atoms with Crippen molar-refractivity contribution in [2.75, 3.05) is 25.3 Å². The molecular formula is C14H20N2O3. The van der Waals surface area contributed by atoms with Gasteiger partial charge < -0.3 is 20.5 Å². The minimum Gasteiger partial charge on any atom is -0.497 e. The van der Waals surface area contributed by atoms with E-state index < -0.39 is 0 Å². The third kappa shape index (κ3) is 2.98. The van der Waals surface area contributed by atoms with Crippen LogP contribution in [0.2, 0.25) is 0 Å². The maximum absolute atomic E-state index is 12.0. The maximum Gasteiger partial charge on any atom is 0.227 e. The van der Waals surface area contributed by atoms with Gasteiger partial charge in [-0.1, -0.05) is 0 Å². The number of nitrogens with two attached hydrogens (primary N) is 1. The molecule has 0 bridgehead atoms. The zero-order valence-corrected chi connectivity index (χ0v) is 11.4. The molecular weight excluding hydrogens is 244 g/mol. The Hall–Kier alpha value is -1.75. The summed E-state index contributed by atoms with van der Waals surface area (Å²) >= 11 is 0. The number of hydrogen-bond donors (Lipinski definition) is 2. The van der Waals surface area contributed by atoms with Gasteiger partial charge in [-0.2, -0.15) is 0 Å². The zero-order valence-electron chi connectivity index (χ0n) is 11.4. The minimum atomic E-state index is -0.273. The summed E-state index contributed by atoms with van der Waals surface area (Å²) in [7, 11) is 3.24. The van der Waals surface area contributed by atoms with E-state index >= 15 is 0 Å². The summed E-state index contributed by atoms with van der Waals surface area (Å²) in [5, 5.41) is 2.82. The van der Waals surface area contributed by atoms with Crippen molar-refractivity contribution in [3.8, 4) is 5.75 Å². The molecule has 1 fully saturated rings. The molecule has 0 aliphatic heterocycles. The molecule has 0 unspecified atom stereocenters. The molecule has 0 radical (unpaired) electrons. The summed E-state index contributed by atoms with van der Waals surface area (Å²) in [6.45, 7) is 0. The Kier molecular flexibility index (Phi) is 3.95. The molecule has 3 N–H and O–H groups in total. The molecule has 1 amide bonds. The number of hydrogen-bond acceptors (Lipinski definition) is 4. The van der Waals surface area contributed by atoms with Crippen molar-refractivity contribution < 1.29 is 14.3 Å². The number of carbonyl (C=O) groups is 1. The molecule has 1 saturated carbocycles. The number of carbonyl (C=O) groups excluding carboxylic acids is 1. The Morgan fingerprint density at radius 1 is 1.42 bits per heavy atom. The van der Waals surface area contributed by atoms with Gasteiger partial charge in [0.25, 0.3) is 0 Å². The van der Waals surface area contributed by atoms with Gasteiger partial charge in [-0.15, -0.1) is 0 Å². The highest BCUT2D eigenvalue weighted by Crippen LogP contribution is 2.38. The quantitative estimate of drug-likeness (QED) is 0.799. The highest BCUT2D eigenvalue weighted by molar-refractivity contribution is 5.94. The van der Waals surface area contributed by atoms with Gasteiger partial charge in [-0.25, -0.2) is 0 Å². The van der Waals surface area contributed by atoms with Crippen LogP contribution in [0.15, 0.2) is 18.2 Å². The summed E-state index contributed by atoms with van der Waals surface area (Å²) in [6.07, 6.45) is 3.37. The monoisotopic (exact) mass is 264 g/mol. The van der Waals surface area contributed by atoms with Gasteiger partial charge in [0.2, 0.25) is 5.91 Å². The Morgan fingerprint density at radius 2 is 2.16 bits per heavy atom. The summed E-state index contributed by atoms with van der Waals surface area (Å²) in [5.41, 5.74) is 6.69. The van der Waals surface area contributed by atoms with Crippen LogP contribution in [0.1, 0.15) is 25.7 Å². The molecule has 19 heavy (non-hydrogen) atoms. The molecule has 1 aliphatic rings. The van der Waals surface area contributed by atoms with Crippen molar-refractivity contribution in [3.63, 3.8) is 0 Å². The van der Waals surface area contributed by atoms with Crippen LogP contribution in [0.5, 0.6) is 5.75 Å². The van der Waals surface area contributed by atoms with Crippen LogP contribution < -0.4 is 15.8 Å². The van der Waals surface area contributed by atoms with Crippen molar-refractivity contribution >= 4 is 17.3 Å². The molecule has 5 heteroatoms. The van der Waals surface area contributed by atoms with Crippen molar-refractivity contribution in [2.45, 2.75) is 31.3 Å². The summed E-state index contributed by atoms with van der Waals surface area (Å²) in [5.74, 6) is 0.598. The molecule has 0 atom stereocenters. The van der Waals surface area contributed by atoms with Crippen LogP contribution in [0.4, 0.5) is 11.4 Å². The van der Waals surface area contributed by atoms with Gasteiger partial charge >= 0.3 is 0 Å². The van der Waals surface area contributed by atoms with Crippen LogP contribution in [0, 0.1) is 0 Å². The molecule has 1 aliphatic carbocycles. The van der Waals surface area contributed by atoms with E-state index in [1.54, 1.807) is 32.4 Å². The number of nitrogen functional groups attached to an aromatic ring is 1. The van der Waals surface area contributed by atoms with Crippen LogP contribution in [0.3, 0.4) is 0 Å². The molecule has 104 valence electrons. The number of rotatable bonds is 5. The molecule has 1 aromatic carbocycles. The van der Waals surface area contributed by atoms with Crippen LogP contribution in [-0.4, -0.2) is 25.7 Å². The number of benzene rings is 1. The second-order valence-corrected chi connectivity index (χ2v) is 4.92. The Balaban J connectivity index is 1.99. The van der Waals surface area contributed by atoms with E-state index in [2.05, 4.69) is 5.32 Å². The maximum atomic E-state index is 12.0. The number of nitrogens with one attached hydrogen (secondary N) is 1. The molecule has 0 aromatic heterocycles. The van der Waals surface area contributed by atoms with Gasteiger partial charge in [0.1, 0.15) is 5.75 Å². The van der Waals surface area contributed by atoms with E-state index in [-0.39, 0.29) is 11.5 Å². The average Bonchev–Trinajstić information content (AvgIpc) is 2.36. The van der Waals surface area contributed by atoms with Crippen molar-refractivity contribution in [3.05, 3.63) is 18.2 Å². The van der Waals surface area contributed by atoms with E-state index in [1.807, 2.05) is 0 Å². The van der Waals surface area contributed by atoms with Crippen LogP contribution >= 0.6 is 0 Å². The van der Waals surface area contributed by atoms with E-state index in [9.17, 15) is 4.79 Å². The predicted octanol–water partition coefficient (Wildman–Crippen LogP) is 2.18. The van der Waals surface area contributed by atoms with Crippen molar-refractivity contribution in [2.24, 2.45) is 0 Å². The van der Waals surface area contributed by atoms with Gasteiger partial charge in [-0.05, 0) is 31.4 Å². The highest BCUT2D eigenvalue weighted by Gasteiger charge is 2.39. The standard InChI is InChI=1S/C14H20N2O3/c1-18-10-4-5-12(11(15)8-10)16-13(17)9-14(19-2)6-3-7-14/h4-5,8H,3,6-7,9,15H2,1-2H3,(H,16,17). The molecule has 2 rings (SSSR count). The lowest BCUT2D eigenvalue weighted by Gasteiger charge is -2.39. The summed E-state index contributed by atoms with van der Waals surface area (Å²) in [6, 6.07) is 5.19. The van der Waals surface area contributed by atoms with Crippen molar-refractivity contribution in [1.82, 2.24) is 0 Å². The molecule has 1 aromatic rings. The van der Waals surface area contributed by atoms with Gasteiger partial charge in [0, 0.05) is 13.2 Å². The Bertz CT molecular complexity index is 464. The largest absolute Gasteiger partial charge is 0.497 e. The predicted molar refractivity (Wildman–Crippen MR) is 74.2 cm³/mol. The second kappa shape index (κ2) is 5.48. The highest BCUT2D eigenvalue weighted by atomic mass is 16.5. The fourth-order valence-electron chi connectivity index (χ4n) is 2.29. The first-order valence-corrected chi connectivity index (χ1v) is 6.37. The van der Waals surface area contributed by atoms with Gasteiger partial charge in [0.05, 0.1) is 30.5 Å². The first kappa shape index (κ1) is 13.7. The zero-order chi connectivity index (χ0) is 13.9. The SMILES string of the molecule is COc1ccc(NC(=O)CC2(OC)CCC2)c(N)c1. The lowest BCUT2D eigenvalue weighted by atomic mass is 9.77. The summed E-state index contributed by atoms with van der Waals surface area (Å²) in [4.78, 5) is 12.0. The van der Waals surface area contributed by atoms with E-state index in [4.69, 9.17) is 15.2 Å². The Morgan fingerprint density at radius 3 is 2.63 bits per heavy atom. The van der Waals surface area contributed by atoms with Crippen LogP contribution in [-0.2, 0) is 9.53 Å². The summed E-state index contributed by atoms with van der Waals surface area (Å²) < 4.78 is 10.5. The number of anilines is 2. The normalized spacial score (nSPS) is 16.5. The topological polar surface area (TPSA) is 73.6 Å². The first-order valence-electron chi connectivity index (χ1n) is 6.37. The van der Waals surface area contributed by atoms with E-state index in [1.165, 1.54) is 0 Å². The van der Waals surface area contributed by atoms with Crippen LogP contribution in [0.25, 0.3) is 0 Å². The second-order valence-electron chi connectivity index (χ2n) is 4.92. The van der Waals surface area contributed by atoms with E-state index in [0.29, 0.717) is 23.5 Å². The Labute approximate surface area is 113 Å². The lowest BCUT2D eigenvalue weighted by Crippen LogP contribution is -2.42. The number of ether oxygens (including phenoxy) is 2. The molecule has 0 spiro atoms. The van der Waals surface area contributed by atoms with E-state index in [0.717, 1.165) is 19.3 Å². The van der Waals surface area contributed by atoms with Gasteiger partial charge in [-0.3, -0.25) is 4.79 Å². The third-order valence-electron chi connectivity index (χ3n) is 3.71. The van der Waals surface area contributed by atoms with Gasteiger partial charge in [0.15, 0.2) is 0 Å². The number of amides is 1. The molecule has 0 saturated heterocycles. The fourth-order valence-corrected chi connectivity index (χ4v) is 2.29. The minimum absolute atomic E-state index is 0.0709. The first-order chi connectivity index (χ1) is 9.08. The smallest absolute Gasteiger partial charge is 0.227 e.